The first-order valence-electron chi connectivity index (χ1n) is 4.36. The van der Waals surface area contributed by atoms with Gasteiger partial charge < -0.3 is 10.2 Å². The zero-order valence-corrected chi connectivity index (χ0v) is 8.10. The molecule has 0 saturated carbocycles. The third kappa shape index (κ3) is 1.46. The first-order chi connectivity index (χ1) is 6.45. The molecule has 3 N–H and O–H groups in total. The topological polar surface area (TPSA) is 100 Å². The van der Waals surface area contributed by atoms with E-state index in [9.17, 15) is 10.2 Å². The maximum atomic E-state index is 9.49. The van der Waals surface area contributed by atoms with Crippen LogP contribution in [-0.4, -0.2) is 22.7 Å². The monoisotopic (exact) mass is 195 g/mol. The van der Waals surface area contributed by atoms with Gasteiger partial charge in [0.2, 0.25) is 0 Å². The second-order valence-corrected chi connectivity index (χ2v) is 4.09. The van der Waals surface area contributed by atoms with Crippen molar-refractivity contribution in [3.63, 3.8) is 0 Å². The summed E-state index contributed by atoms with van der Waals surface area (Å²) in [5.41, 5.74) is -0.729. The second kappa shape index (κ2) is 3.55. The predicted molar refractivity (Wildman–Crippen MR) is 47.1 cm³/mol. The summed E-state index contributed by atoms with van der Waals surface area (Å²) in [5, 5.41) is 39.1. The van der Waals surface area contributed by atoms with Crippen molar-refractivity contribution < 1.29 is 10.2 Å². The lowest BCUT2D eigenvalue weighted by Crippen LogP contribution is -2.59. The van der Waals surface area contributed by atoms with E-state index in [0.29, 0.717) is 0 Å². The highest BCUT2D eigenvalue weighted by Gasteiger charge is 2.49. The quantitative estimate of drug-likeness (QED) is 0.485. The second-order valence-electron chi connectivity index (χ2n) is 4.09. The van der Waals surface area contributed by atoms with E-state index in [4.69, 9.17) is 10.5 Å². The molecule has 4 atom stereocenters. The molecule has 1 aliphatic heterocycles. The van der Waals surface area contributed by atoms with Gasteiger partial charge in [-0.25, -0.2) is 0 Å². The van der Waals surface area contributed by atoms with Gasteiger partial charge >= 0.3 is 0 Å². The van der Waals surface area contributed by atoms with E-state index in [2.05, 4.69) is 5.32 Å². The third-order valence-corrected chi connectivity index (χ3v) is 2.85. The van der Waals surface area contributed by atoms with Crippen LogP contribution in [-0.2, 0) is 0 Å². The molecular formula is C9H13N3O2. The Balaban J connectivity index is 3.04. The fraction of sp³-hybridized carbons (Fsp3) is 0.778. The zero-order valence-electron chi connectivity index (χ0n) is 8.10. The Bertz CT molecular complexity index is 274. The summed E-state index contributed by atoms with van der Waals surface area (Å²) in [4.78, 5) is 0. The lowest BCUT2D eigenvalue weighted by molar-refractivity contribution is -0.101. The highest BCUT2D eigenvalue weighted by atomic mass is 16.3. The Kier molecular flexibility index (Phi) is 2.77. The standard InChI is InChI=1S/C9H13N3O2/c1-9(2)5(3-10)7(13)12-8(14)6(9)4-11/h5-8,12-14H,1-2H3. The summed E-state index contributed by atoms with van der Waals surface area (Å²) in [6, 6.07) is 3.91. The average Bonchev–Trinajstić information content (AvgIpc) is 2.02. The normalized spacial score (nSPS) is 41.0. The number of aliphatic hydroxyl groups is 2. The van der Waals surface area contributed by atoms with Gasteiger partial charge in [0.1, 0.15) is 12.5 Å². The molecule has 1 rings (SSSR count). The van der Waals surface area contributed by atoms with Gasteiger partial charge in [-0.15, -0.1) is 0 Å². The number of hydrogen-bond donors (Lipinski definition) is 3. The third-order valence-electron chi connectivity index (χ3n) is 2.85. The molecule has 0 aromatic heterocycles. The molecule has 0 bridgehead atoms. The van der Waals surface area contributed by atoms with Crippen LogP contribution in [0.15, 0.2) is 0 Å². The Labute approximate surface area is 82.6 Å². The Morgan fingerprint density at radius 2 is 1.43 bits per heavy atom. The van der Waals surface area contributed by atoms with E-state index in [1.54, 1.807) is 13.8 Å². The maximum Gasteiger partial charge on any atom is 0.123 e. The minimum atomic E-state index is -1.09. The largest absolute Gasteiger partial charge is 0.377 e. The van der Waals surface area contributed by atoms with Gasteiger partial charge in [0.15, 0.2) is 0 Å². The summed E-state index contributed by atoms with van der Waals surface area (Å²) >= 11 is 0. The maximum absolute atomic E-state index is 9.49. The van der Waals surface area contributed by atoms with Gasteiger partial charge in [0, 0.05) is 5.41 Å². The van der Waals surface area contributed by atoms with Crippen molar-refractivity contribution in [1.82, 2.24) is 5.32 Å². The van der Waals surface area contributed by atoms with Crippen molar-refractivity contribution in [2.45, 2.75) is 26.3 Å². The number of nitriles is 2. The van der Waals surface area contributed by atoms with Gasteiger partial charge in [0.05, 0.1) is 24.0 Å². The molecule has 0 aromatic carbocycles. The molecule has 4 unspecified atom stereocenters. The number of rotatable bonds is 0. The van der Waals surface area contributed by atoms with Crippen molar-refractivity contribution in [2.75, 3.05) is 0 Å². The smallest absolute Gasteiger partial charge is 0.123 e. The highest BCUT2D eigenvalue weighted by Crippen LogP contribution is 2.40. The van der Waals surface area contributed by atoms with Crippen molar-refractivity contribution >= 4 is 0 Å². The number of piperidine rings is 1. The molecule has 0 spiro atoms. The molecule has 0 radical (unpaired) electrons. The van der Waals surface area contributed by atoms with Crippen LogP contribution in [0.1, 0.15) is 13.8 Å². The average molecular weight is 195 g/mol. The molecular weight excluding hydrogens is 182 g/mol. The predicted octanol–water partition coefficient (Wildman–Crippen LogP) is -0.468. The fourth-order valence-corrected chi connectivity index (χ4v) is 1.85. The summed E-state index contributed by atoms with van der Waals surface area (Å²) in [5.74, 6) is -1.40. The van der Waals surface area contributed by atoms with Crippen LogP contribution >= 0.6 is 0 Å². The van der Waals surface area contributed by atoms with Crippen LogP contribution in [0, 0.1) is 39.9 Å². The molecule has 1 saturated heterocycles. The first kappa shape index (κ1) is 10.9. The first-order valence-corrected chi connectivity index (χ1v) is 4.36. The van der Waals surface area contributed by atoms with Crippen molar-refractivity contribution in [1.29, 1.82) is 10.5 Å². The fourth-order valence-electron chi connectivity index (χ4n) is 1.85. The van der Waals surface area contributed by atoms with Crippen LogP contribution in [0.2, 0.25) is 0 Å². The summed E-state index contributed by atoms with van der Waals surface area (Å²) in [6.07, 6.45) is -2.18. The van der Waals surface area contributed by atoms with E-state index in [-0.39, 0.29) is 0 Å². The number of hydrogen-bond acceptors (Lipinski definition) is 5. The van der Waals surface area contributed by atoms with Gasteiger partial charge in [-0.05, 0) is 0 Å². The Hall–Kier alpha value is -1.14. The summed E-state index contributed by atoms with van der Waals surface area (Å²) < 4.78 is 0. The Morgan fingerprint density at radius 1 is 1.07 bits per heavy atom. The number of aliphatic hydroxyl groups excluding tert-OH is 2. The molecule has 1 heterocycles. The van der Waals surface area contributed by atoms with Crippen LogP contribution in [0.4, 0.5) is 0 Å². The van der Waals surface area contributed by atoms with Crippen LogP contribution in [0.3, 0.4) is 0 Å². The van der Waals surface area contributed by atoms with Gasteiger partial charge in [-0.3, -0.25) is 5.32 Å². The van der Waals surface area contributed by atoms with E-state index in [1.165, 1.54) is 0 Å². The van der Waals surface area contributed by atoms with Crippen molar-refractivity contribution in [3.05, 3.63) is 0 Å². The lowest BCUT2D eigenvalue weighted by Gasteiger charge is -2.44. The molecule has 5 nitrogen and oxygen atoms in total. The van der Waals surface area contributed by atoms with Gasteiger partial charge in [-0.2, -0.15) is 10.5 Å². The van der Waals surface area contributed by atoms with E-state index in [0.717, 1.165) is 0 Å². The molecule has 1 fully saturated rings. The van der Waals surface area contributed by atoms with Gasteiger partial charge in [-0.1, -0.05) is 13.8 Å². The molecule has 0 aliphatic carbocycles. The molecule has 76 valence electrons. The van der Waals surface area contributed by atoms with Crippen molar-refractivity contribution in [3.8, 4) is 12.1 Å². The van der Waals surface area contributed by atoms with Crippen LogP contribution in [0.5, 0.6) is 0 Å². The molecule has 0 amide bonds. The molecule has 1 aliphatic rings. The molecule has 14 heavy (non-hydrogen) atoms. The summed E-state index contributed by atoms with van der Waals surface area (Å²) in [6.45, 7) is 3.39. The zero-order chi connectivity index (χ0) is 10.9. The van der Waals surface area contributed by atoms with Crippen LogP contribution in [0.25, 0.3) is 0 Å². The van der Waals surface area contributed by atoms with E-state index in [1.807, 2.05) is 12.1 Å². The summed E-state index contributed by atoms with van der Waals surface area (Å²) in [7, 11) is 0. The molecule has 5 heteroatoms. The lowest BCUT2D eigenvalue weighted by atomic mass is 9.66. The number of nitrogens with zero attached hydrogens (tertiary/aromatic N) is 2. The van der Waals surface area contributed by atoms with Gasteiger partial charge in [0.25, 0.3) is 0 Å². The minimum Gasteiger partial charge on any atom is -0.377 e. The van der Waals surface area contributed by atoms with E-state index < -0.39 is 29.7 Å². The van der Waals surface area contributed by atoms with E-state index >= 15 is 0 Å². The minimum absolute atomic E-state index is 0.699. The van der Waals surface area contributed by atoms with Crippen LogP contribution < -0.4 is 5.32 Å². The van der Waals surface area contributed by atoms with Crippen molar-refractivity contribution in [2.24, 2.45) is 17.3 Å². The SMILES string of the molecule is CC1(C)C(C#N)C(O)NC(O)C1C#N. The highest BCUT2D eigenvalue weighted by molar-refractivity contribution is 5.10. The Morgan fingerprint density at radius 3 is 1.71 bits per heavy atom. The molecule has 0 aromatic rings. The number of nitrogens with one attached hydrogen (secondary N) is 1.